The number of carbonyl (C=O) groups is 1. The molecular formula is C14H16N6O. The second kappa shape index (κ2) is 5.35. The lowest BCUT2D eigenvalue weighted by molar-refractivity contribution is 0.0950. The molecule has 1 N–H and O–H groups in total. The molecular weight excluding hydrogens is 268 g/mol. The summed E-state index contributed by atoms with van der Waals surface area (Å²) in [6, 6.07) is 1.79. The number of fused-ring (bicyclic) bond motifs is 1. The van der Waals surface area contributed by atoms with Crippen LogP contribution in [0.1, 0.15) is 23.0 Å². The van der Waals surface area contributed by atoms with Crippen LogP contribution >= 0.6 is 0 Å². The molecule has 0 saturated carbocycles. The predicted octanol–water partition coefficient (Wildman–Crippen LogP) is 1.11. The second-order valence-electron chi connectivity index (χ2n) is 4.77. The molecule has 108 valence electrons. The van der Waals surface area contributed by atoms with Gasteiger partial charge in [0.1, 0.15) is 5.52 Å². The number of rotatable bonds is 4. The van der Waals surface area contributed by atoms with Crippen LogP contribution in [0.5, 0.6) is 0 Å². The molecule has 3 aromatic heterocycles. The molecule has 7 nitrogen and oxygen atoms in total. The summed E-state index contributed by atoms with van der Waals surface area (Å²) in [7, 11) is 1.82. The van der Waals surface area contributed by atoms with Crippen molar-refractivity contribution in [3.8, 4) is 0 Å². The van der Waals surface area contributed by atoms with Gasteiger partial charge in [-0.25, -0.2) is 4.98 Å². The summed E-state index contributed by atoms with van der Waals surface area (Å²) in [4.78, 5) is 20.6. The number of hydrogen-bond acceptors (Lipinski definition) is 4. The van der Waals surface area contributed by atoms with Crippen LogP contribution in [0.15, 0.2) is 31.0 Å². The van der Waals surface area contributed by atoms with Gasteiger partial charge in [0.2, 0.25) is 0 Å². The van der Waals surface area contributed by atoms with Gasteiger partial charge in [-0.15, -0.1) is 0 Å². The van der Waals surface area contributed by atoms with E-state index >= 15 is 0 Å². The van der Waals surface area contributed by atoms with E-state index in [2.05, 4.69) is 20.4 Å². The first-order valence-electron chi connectivity index (χ1n) is 6.74. The Morgan fingerprint density at radius 2 is 2.19 bits per heavy atom. The lowest BCUT2D eigenvalue weighted by Gasteiger charge is -2.03. The molecule has 1 amide bonds. The fraction of sp³-hybridized carbons (Fsp3) is 0.286. The van der Waals surface area contributed by atoms with Crippen molar-refractivity contribution in [1.82, 2.24) is 29.6 Å². The molecule has 21 heavy (non-hydrogen) atoms. The zero-order valence-electron chi connectivity index (χ0n) is 11.9. The first-order chi connectivity index (χ1) is 10.2. The highest BCUT2D eigenvalue weighted by molar-refractivity contribution is 5.96. The Kier molecular flexibility index (Phi) is 3.39. The van der Waals surface area contributed by atoms with Crippen molar-refractivity contribution in [3.05, 3.63) is 42.2 Å². The van der Waals surface area contributed by atoms with E-state index in [-0.39, 0.29) is 5.91 Å². The van der Waals surface area contributed by atoms with Crippen LogP contribution in [0.3, 0.4) is 0 Å². The minimum Gasteiger partial charge on any atom is -0.346 e. The fourth-order valence-corrected chi connectivity index (χ4v) is 2.09. The topological polar surface area (TPSA) is 77.6 Å². The standard InChI is InChI=1S/C14H16N6O/c1-3-20-8-11(17-9-20)6-16-14(21)10-4-13-12(15-5-10)7-18-19(13)2/h4-5,7-9H,3,6H2,1-2H3,(H,16,21). The van der Waals surface area contributed by atoms with E-state index in [1.54, 1.807) is 29.5 Å². The number of aromatic nitrogens is 5. The summed E-state index contributed by atoms with van der Waals surface area (Å²) in [6.45, 7) is 3.30. The van der Waals surface area contributed by atoms with Crippen molar-refractivity contribution in [2.75, 3.05) is 0 Å². The van der Waals surface area contributed by atoms with Crippen molar-refractivity contribution in [2.45, 2.75) is 20.0 Å². The lowest BCUT2D eigenvalue weighted by atomic mass is 10.2. The third-order valence-corrected chi connectivity index (χ3v) is 3.34. The van der Waals surface area contributed by atoms with Gasteiger partial charge in [0.15, 0.2) is 0 Å². The number of imidazole rings is 1. The smallest absolute Gasteiger partial charge is 0.253 e. The van der Waals surface area contributed by atoms with Crippen LogP contribution < -0.4 is 5.32 Å². The van der Waals surface area contributed by atoms with Crippen LogP contribution in [-0.2, 0) is 20.1 Å². The van der Waals surface area contributed by atoms with Crippen molar-refractivity contribution in [2.24, 2.45) is 7.05 Å². The molecule has 0 bridgehead atoms. The van der Waals surface area contributed by atoms with Crippen LogP contribution in [-0.4, -0.2) is 30.2 Å². The number of aryl methyl sites for hydroxylation is 2. The number of nitrogens with one attached hydrogen (secondary N) is 1. The summed E-state index contributed by atoms with van der Waals surface area (Å²) in [6.07, 6.45) is 6.91. The van der Waals surface area contributed by atoms with Gasteiger partial charge in [-0.1, -0.05) is 0 Å². The lowest BCUT2D eigenvalue weighted by Crippen LogP contribution is -2.23. The minimum absolute atomic E-state index is 0.170. The summed E-state index contributed by atoms with van der Waals surface area (Å²) in [5.74, 6) is -0.170. The van der Waals surface area contributed by atoms with Crippen molar-refractivity contribution in [3.63, 3.8) is 0 Å². The zero-order valence-corrected chi connectivity index (χ0v) is 11.9. The summed E-state index contributed by atoms with van der Waals surface area (Å²) in [5, 5.41) is 6.96. The maximum Gasteiger partial charge on any atom is 0.253 e. The number of hydrogen-bond donors (Lipinski definition) is 1. The average Bonchev–Trinajstić information content (AvgIpc) is 3.11. The van der Waals surface area contributed by atoms with Crippen LogP contribution in [0.2, 0.25) is 0 Å². The Balaban J connectivity index is 1.72. The molecule has 3 heterocycles. The van der Waals surface area contributed by atoms with Gasteiger partial charge in [0.05, 0.1) is 35.8 Å². The van der Waals surface area contributed by atoms with E-state index in [1.165, 1.54) is 0 Å². The maximum atomic E-state index is 12.2. The van der Waals surface area contributed by atoms with E-state index in [1.807, 2.05) is 24.7 Å². The molecule has 0 fully saturated rings. The number of amides is 1. The van der Waals surface area contributed by atoms with Gasteiger partial charge in [0.25, 0.3) is 5.91 Å². The van der Waals surface area contributed by atoms with E-state index in [0.29, 0.717) is 12.1 Å². The first-order valence-corrected chi connectivity index (χ1v) is 6.74. The molecule has 3 rings (SSSR count). The SMILES string of the molecule is CCn1cnc(CNC(=O)c2cnc3cnn(C)c3c2)c1. The van der Waals surface area contributed by atoms with E-state index in [9.17, 15) is 4.79 Å². The molecule has 0 aliphatic heterocycles. The Labute approximate surface area is 121 Å². The maximum absolute atomic E-state index is 12.2. The highest BCUT2D eigenvalue weighted by Gasteiger charge is 2.09. The highest BCUT2D eigenvalue weighted by Crippen LogP contribution is 2.11. The third-order valence-electron chi connectivity index (χ3n) is 3.34. The van der Waals surface area contributed by atoms with Gasteiger partial charge in [0, 0.05) is 26.0 Å². The third kappa shape index (κ3) is 2.62. The normalized spacial score (nSPS) is 11.0. The summed E-state index contributed by atoms with van der Waals surface area (Å²) >= 11 is 0. The molecule has 7 heteroatoms. The van der Waals surface area contributed by atoms with E-state index < -0.39 is 0 Å². The van der Waals surface area contributed by atoms with Gasteiger partial charge in [-0.05, 0) is 13.0 Å². The fourth-order valence-electron chi connectivity index (χ4n) is 2.09. The largest absolute Gasteiger partial charge is 0.346 e. The van der Waals surface area contributed by atoms with Crippen LogP contribution in [0, 0.1) is 0 Å². The minimum atomic E-state index is -0.170. The number of nitrogens with zero attached hydrogens (tertiary/aromatic N) is 5. The second-order valence-corrected chi connectivity index (χ2v) is 4.77. The summed E-state index contributed by atoms with van der Waals surface area (Å²) in [5.41, 5.74) is 2.95. The van der Waals surface area contributed by atoms with Crippen molar-refractivity contribution in [1.29, 1.82) is 0 Å². The molecule has 0 unspecified atom stereocenters. The molecule has 0 atom stereocenters. The Morgan fingerprint density at radius 1 is 1.33 bits per heavy atom. The van der Waals surface area contributed by atoms with Gasteiger partial charge >= 0.3 is 0 Å². The first kappa shape index (κ1) is 13.3. The monoisotopic (exact) mass is 284 g/mol. The summed E-state index contributed by atoms with van der Waals surface area (Å²) < 4.78 is 3.66. The number of carbonyl (C=O) groups excluding carboxylic acids is 1. The van der Waals surface area contributed by atoms with E-state index in [4.69, 9.17) is 0 Å². The van der Waals surface area contributed by atoms with Gasteiger partial charge < -0.3 is 9.88 Å². The Morgan fingerprint density at radius 3 is 2.95 bits per heavy atom. The molecule has 0 saturated heterocycles. The predicted molar refractivity (Wildman–Crippen MR) is 77.6 cm³/mol. The van der Waals surface area contributed by atoms with Gasteiger partial charge in [-0.3, -0.25) is 14.5 Å². The highest BCUT2D eigenvalue weighted by atomic mass is 16.1. The zero-order chi connectivity index (χ0) is 14.8. The molecule has 0 radical (unpaired) electrons. The van der Waals surface area contributed by atoms with Gasteiger partial charge in [-0.2, -0.15) is 5.10 Å². The number of pyridine rings is 1. The average molecular weight is 284 g/mol. The molecule has 0 aliphatic carbocycles. The van der Waals surface area contributed by atoms with Crippen molar-refractivity contribution < 1.29 is 4.79 Å². The van der Waals surface area contributed by atoms with Crippen molar-refractivity contribution >= 4 is 16.9 Å². The molecule has 0 aliphatic rings. The molecule has 0 aromatic carbocycles. The Bertz CT molecular complexity index is 788. The van der Waals surface area contributed by atoms with Crippen LogP contribution in [0.25, 0.3) is 11.0 Å². The van der Waals surface area contributed by atoms with E-state index in [0.717, 1.165) is 23.3 Å². The Hall–Kier alpha value is -2.70. The molecule has 0 spiro atoms. The van der Waals surface area contributed by atoms with Crippen LogP contribution in [0.4, 0.5) is 0 Å². The quantitative estimate of drug-likeness (QED) is 0.778. The molecule has 3 aromatic rings.